The lowest BCUT2D eigenvalue weighted by atomic mass is 10.1. The number of amides is 2. The molecule has 1 saturated carbocycles. The molecule has 1 aromatic carbocycles. The molecule has 182 valence electrons. The highest BCUT2D eigenvalue weighted by Gasteiger charge is 2.48. The van der Waals surface area contributed by atoms with Crippen LogP contribution < -0.4 is 25.2 Å². The van der Waals surface area contributed by atoms with E-state index in [1.165, 1.54) is 20.4 Å². The first-order valence-corrected chi connectivity index (χ1v) is 11.3. The van der Waals surface area contributed by atoms with E-state index in [9.17, 15) is 18.4 Å². The highest BCUT2D eigenvalue weighted by atomic mass is 19.3. The van der Waals surface area contributed by atoms with Crippen LogP contribution in [0.2, 0.25) is 0 Å². The van der Waals surface area contributed by atoms with Gasteiger partial charge in [-0.15, -0.1) is 0 Å². The molecule has 0 atom stereocenters. The van der Waals surface area contributed by atoms with Crippen molar-refractivity contribution in [3.8, 4) is 5.75 Å². The van der Waals surface area contributed by atoms with Gasteiger partial charge in [0.05, 0.1) is 25.5 Å². The van der Waals surface area contributed by atoms with Gasteiger partial charge in [0.25, 0.3) is 11.8 Å². The third-order valence-corrected chi connectivity index (χ3v) is 6.18. The summed E-state index contributed by atoms with van der Waals surface area (Å²) in [4.78, 5) is 35.8. The van der Waals surface area contributed by atoms with Gasteiger partial charge in [-0.25, -0.2) is 4.98 Å². The number of benzene rings is 1. The van der Waals surface area contributed by atoms with E-state index in [1.807, 2.05) is 6.92 Å². The van der Waals surface area contributed by atoms with Gasteiger partial charge in [0.2, 0.25) is 5.95 Å². The summed E-state index contributed by atoms with van der Waals surface area (Å²) in [5.41, 5.74) is 1.17. The molecule has 0 unspecified atom stereocenters. The summed E-state index contributed by atoms with van der Waals surface area (Å²) < 4.78 is 34.9. The monoisotopic (exact) mass is 474 g/mol. The minimum Gasteiger partial charge on any atom is -0.495 e. The molecular formula is C23H28F2N6O3. The highest BCUT2D eigenvalue weighted by molar-refractivity contribution is 6.02. The number of carbonyl (C=O) groups excluding carboxylic acids is 2. The maximum Gasteiger partial charge on any atom is 0.342 e. The number of methoxy groups -OCH3 is 1. The smallest absolute Gasteiger partial charge is 0.342 e. The fourth-order valence-corrected chi connectivity index (χ4v) is 4.42. The maximum absolute atomic E-state index is 14.7. The molecule has 0 radical (unpaired) electrons. The van der Waals surface area contributed by atoms with Crippen LogP contribution in [0.3, 0.4) is 0 Å². The molecule has 2 aromatic rings. The first-order valence-electron chi connectivity index (χ1n) is 11.3. The summed E-state index contributed by atoms with van der Waals surface area (Å²) in [7, 11) is 2.79. The Labute approximate surface area is 196 Å². The minimum absolute atomic E-state index is 0.127. The molecule has 1 aliphatic carbocycles. The van der Waals surface area contributed by atoms with Gasteiger partial charge in [-0.2, -0.15) is 13.8 Å². The van der Waals surface area contributed by atoms with E-state index >= 15 is 0 Å². The second kappa shape index (κ2) is 9.40. The molecule has 11 heteroatoms. The van der Waals surface area contributed by atoms with Crippen molar-refractivity contribution in [1.29, 1.82) is 0 Å². The summed E-state index contributed by atoms with van der Waals surface area (Å²) in [6.45, 7) is 1.60. The summed E-state index contributed by atoms with van der Waals surface area (Å²) >= 11 is 0. The molecular weight excluding hydrogens is 446 g/mol. The molecule has 1 fully saturated rings. The Bertz CT molecular complexity index is 1090. The Kier molecular flexibility index (Phi) is 6.54. The predicted octanol–water partition coefficient (Wildman–Crippen LogP) is 3.34. The van der Waals surface area contributed by atoms with Gasteiger partial charge in [-0.1, -0.05) is 12.8 Å². The van der Waals surface area contributed by atoms with E-state index in [0.717, 1.165) is 30.6 Å². The molecule has 2 heterocycles. The van der Waals surface area contributed by atoms with E-state index in [-0.39, 0.29) is 29.4 Å². The average Bonchev–Trinajstić information content (AvgIpc) is 3.34. The van der Waals surface area contributed by atoms with Crippen LogP contribution in [0.1, 0.15) is 43.0 Å². The quantitative estimate of drug-likeness (QED) is 0.662. The predicted molar refractivity (Wildman–Crippen MR) is 124 cm³/mol. The van der Waals surface area contributed by atoms with E-state index in [4.69, 9.17) is 4.74 Å². The van der Waals surface area contributed by atoms with E-state index in [2.05, 4.69) is 20.6 Å². The first kappa shape index (κ1) is 23.7. The zero-order valence-electron chi connectivity index (χ0n) is 19.4. The number of alkyl halides is 2. The van der Waals surface area contributed by atoms with Crippen LogP contribution in [-0.4, -0.2) is 61.0 Å². The molecule has 2 N–H and O–H groups in total. The number of fused-ring (bicyclic) bond motifs is 1. The lowest BCUT2D eigenvalue weighted by molar-refractivity contribution is -0.140. The van der Waals surface area contributed by atoms with Gasteiger partial charge in [0.15, 0.2) is 5.82 Å². The normalized spacial score (nSPS) is 17.9. The number of aromatic nitrogens is 2. The van der Waals surface area contributed by atoms with Crippen molar-refractivity contribution < 1.29 is 23.1 Å². The summed E-state index contributed by atoms with van der Waals surface area (Å²) in [6.07, 6.45) is 4.78. The number of nitrogens with one attached hydrogen (secondary N) is 2. The van der Waals surface area contributed by atoms with Gasteiger partial charge in [-0.3, -0.25) is 9.59 Å². The number of carbonyl (C=O) groups is 2. The number of ether oxygens (including phenoxy) is 1. The number of halogens is 2. The summed E-state index contributed by atoms with van der Waals surface area (Å²) in [6, 6.07) is 4.76. The highest BCUT2D eigenvalue weighted by Crippen LogP contribution is 2.40. The van der Waals surface area contributed by atoms with Crippen LogP contribution in [-0.2, 0) is 4.79 Å². The Hall–Kier alpha value is -3.50. The van der Waals surface area contributed by atoms with Crippen molar-refractivity contribution in [1.82, 2.24) is 15.3 Å². The molecule has 1 aromatic heterocycles. The van der Waals surface area contributed by atoms with Crippen LogP contribution in [0.25, 0.3) is 0 Å². The van der Waals surface area contributed by atoms with Crippen LogP contribution in [0.5, 0.6) is 5.75 Å². The van der Waals surface area contributed by atoms with E-state index in [0.29, 0.717) is 23.5 Å². The van der Waals surface area contributed by atoms with Crippen molar-refractivity contribution in [2.45, 2.75) is 44.6 Å². The Morgan fingerprint density at radius 2 is 2.03 bits per heavy atom. The van der Waals surface area contributed by atoms with Gasteiger partial charge in [0.1, 0.15) is 11.4 Å². The average molecular weight is 475 g/mol. The van der Waals surface area contributed by atoms with Gasteiger partial charge in [0, 0.05) is 25.2 Å². The molecule has 2 amide bonds. The van der Waals surface area contributed by atoms with Crippen molar-refractivity contribution >= 4 is 35.0 Å². The second-order valence-corrected chi connectivity index (χ2v) is 8.44. The van der Waals surface area contributed by atoms with Gasteiger partial charge >= 0.3 is 5.92 Å². The van der Waals surface area contributed by atoms with E-state index in [1.54, 1.807) is 23.1 Å². The SMILES string of the molecule is CCNC(=O)c1ccc(Nc2ncc3c(n2)N(C2CCCC2)CC(F)(F)C(=O)N3C)c(OC)c1. The lowest BCUT2D eigenvalue weighted by Crippen LogP contribution is -2.48. The third-order valence-electron chi connectivity index (χ3n) is 6.18. The van der Waals surface area contributed by atoms with Crippen molar-refractivity contribution in [3.63, 3.8) is 0 Å². The maximum atomic E-state index is 14.7. The minimum atomic E-state index is -3.54. The largest absolute Gasteiger partial charge is 0.495 e. The van der Waals surface area contributed by atoms with Crippen LogP contribution in [0, 0.1) is 0 Å². The number of hydrogen-bond acceptors (Lipinski definition) is 7. The molecule has 0 bridgehead atoms. The zero-order valence-corrected chi connectivity index (χ0v) is 19.4. The fourth-order valence-electron chi connectivity index (χ4n) is 4.42. The van der Waals surface area contributed by atoms with Gasteiger partial charge in [-0.05, 0) is 38.0 Å². The topological polar surface area (TPSA) is 99.7 Å². The molecule has 0 saturated heterocycles. The molecule has 0 spiro atoms. The van der Waals surface area contributed by atoms with E-state index < -0.39 is 18.4 Å². The fraction of sp³-hybridized carbons (Fsp3) is 0.478. The zero-order chi connectivity index (χ0) is 24.5. The van der Waals surface area contributed by atoms with Crippen LogP contribution in [0.15, 0.2) is 24.4 Å². The Balaban J connectivity index is 1.70. The summed E-state index contributed by atoms with van der Waals surface area (Å²) in [5.74, 6) is -4.19. The molecule has 2 aliphatic rings. The Morgan fingerprint density at radius 1 is 1.29 bits per heavy atom. The molecule has 4 rings (SSSR count). The van der Waals surface area contributed by atoms with Crippen LogP contribution in [0.4, 0.5) is 31.9 Å². The van der Waals surface area contributed by atoms with Crippen molar-refractivity contribution in [2.75, 3.05) is 42.4 Å². The third kappa shape index (κ3) is 4.46. The van der Waals surface area contributed by atoms with Gasteiger partial charge < -0.3 is 25.2 Å². The standard InChI is InChI=1S/C23H28F2N6O3/c1-4-26-20(32)14-9-10-16(18(11-14)34-3)28-22-27-12-17-19(29-22)31(15-7-5-6-8-15)13-23(24,25)21(33)30(17)2/h9-12,15H,4-8,13H2,1-3H3,(H,26,32)(H,27,28,29). The second-order valence-electron chi connectivity index (χ2n) is 8.44. The van der Waals surface area contributed by atoms with Crippen molar-refractivity contribution in [2.24, 2.45) is 0 Å². The molecule has 1 aliphatic heterocycles. The number of nitrogens with zero attached hydrogens (tertiary/aromatic N) is 4. The van der Waals surface area contributed by atoms with Crippen molar-refractivity contribution in [3.05, 3.63) is 30.0 Å². The number of hydrogen-bond donors (Lipinski definition) is 2. The number of anilines is 4. The van der Waals surface area contributed by atoms with Crippen LogP contribution >= 0.6 is 0 Å². The first-order chi connectivity index (χ1) is 16.2. The number of rotatable bonds is 6. The molecule has 34 heavy (non-hydrogen) atoms. The summed E-state index contributed by atoms with van der Waals surface area (Å²) in [5, 5.41) is 5.78. The Morgan fingerprint density at radius 3 is 2.71 bits per heavy atom. The molecule has 9 nitrogen and oxygen atoms in total. The lowest BCUT2D eigenvalue weighted by Gasteiger charge is -2.31.